The average molecular weight is 410 g/mol. The van der Waals surface area contributed by atoms with Gasteiger partial charge in [0.2, 0.25) is 5.91 Å². The largest absolute Gasteiger partial charge is 0.469 e. The van der Waals surface area contributed by atoms with Crippen molar-refractivity contribution in [3.63, 3.8) is 0 Å². The lowest BCUT2D eigenvalue weighted by Gasteiger charge is -2.27. The molecule has 0 radical (unpaired) electrons. The number of carbonyl (C=O) groups is 3. The molecule has 1 spiro atoms. The molecule has 8 nitrogen and oxygen atoms in total. The Morgan fingerprint density at radius 2 is 1.47 bits per heavy atom. The number of nitrogens with one attached hydrogen (secondary N) is 1. The molecule has 1 saturated heterocycles. The number of hydroxylamine groups is 1. The van der Waals surface area contributed by atoms with E-state index < -0.39 is 35.2 Å². The third-order valence-electron chi connectivity index (χ3n) is 5.79. The number of nitrogens with zero attached hydrogens (tertiary/aromatic N) is 1. The zero-order chi connectivity index (χ0) is 21.3. The Bertz CT molecular complexity index is 927. The summed E-state index contributed by atoms with van der Waals surface area (Å²) >= 11 is 0. The van der Waals surface area contributed by atoms with Crippen LogP contribution in [-0.2, 0) is 28.7 Å². The van der Waals surface area contributed by atoms with E-state index in [0.717, 1.165) is 0 Å². The van der Waals surface area contributed by atoms with E-state index in [1.54, 1.807) is 36.4 Å². The van der Waals surface area contributed by atoms with Crippen molar-refractivity contribution in [2.75, 3.05) is 31.2 Å². The quantitative estimate of drug-likeness (QED) is 0.754. The van der Waals surface area contributed by atoms with Crippen LogP contribution in [-0.4, -0.2) is 44.7 Å². The first kappa shape index (κ1) is 19.9. The highest BCUT2D eigenvalue weighted by Gasteiger charge is 2.81. The van der Waals surface area contributed by atoms with Crippen LogP contribution in [0.1, 0.15) is 0 Å². The van der Waals surface area contributed by atoms with Crippen LogP contribution in [0.3, 0.4) is 0 Å². The normalized spacial score (nSPS) is 26.9. The van der Waals surface area contributed by atoms with Gasteiger partial charge in [0.1, 0.15) is 6.04 Å². The number of hydrogen-bond acceptors (Lipinski definition) is 7. The number of esters is 2. The molecule has 3 atom stereocenters. The number of rotatable bonds is 5. The SMILES string of the molecule is COC(=O)C1C(C(=O)OC)C12CON(c1ccccc1)C2C(=O)Nc1ccccc1. The fourth-order valence-electron chi connectivity index (χ4n) is 4.38. The standard InChI is InChI=1S/C22H22N2O6/c1-28-20(26)16-17(21(27)29-2)22(16)13-30-24(15-11-7-4-8-12-15)18(22)19(25)23-14-9-5-3-6-10-14/h3-12,16-18H,13H2,1-2H3,(H,23,25). The summed E-state index contributed by atoms with van der Waals surface area (Å²) in [6.45, 7) is 0.00824. The predicted octanol–water partition coefficient (Wildman–Crippen LogP) is 2.02. The van der Waals surface area contributed by atoms with E-state index in [-0.39, 0.29) is 12.5 Å². The monoisotopic (exact) mass is 410 g/mol. The maximum absolute atomic E-state index is 13.4. The summed E-state index contributed by atoms with van der Waals surface area (Å²) in [6, 6.07) is 17.1. The number of para-hydroxylation sites is 2. The average Bonchev–Trinajstić information content (AvgIpc) is 3.27. The van der Waals surface area contributed by atoms with E-state index in [4.69, 9.17) is 14.3 Å². The van der Waals surface area contributed by atoms with Crippen molar-refractivity contribution in [2.24, 2.45) is 17.3 Å². The minimum absolute atomic E-state index is 0.00824. The Hall–Kier alpha value is -3.39. The lowest BCUT2D eigenvalue weighted by atomic mass is 9.92. The van der Waals surface area contributed by atoms with Crippen LogP contribution in [0.15, 0.2) is 60.7 Å². The molecule has 1 aliphatic carbocycles. The van der Waals surface area contributed by atoms with Crippen LogP contribution >= 0.6 is 0 Å². The Morgan fingerprint density at radius 1 is 0.933 bits per heavy atom. The molecule has 1 heterocycles. The fraction of sp³-hybridized carbons (Fsp3) is 0.318. The predicted molar refractivity (Wildman–Crippen MR) is 107 cm³/mol. The van der Waals surface area contributed by atoms with Crippen molar-refractivity contribution in [3.05, 3.63) is 60.7 Å². The second-order valence-corrected chi connectivity index (χ2v) is 7.31. The summed E-state index contributed by atoms with van der Waals surface area (Å²) in [7, 11) is 2.51. The van der Waals surface area contributed by atoms with E-state index in [9.17, 15) is 14.4 Å². The van der Waals surface area contributed by atoms with Gasteiger partial charge >= 0.3 is 11.9 Å². The smallest absolute Gasteiger partial charge is 0.310 e. The van der Waals surface area contributed by atoms with E-state index in [1.807, 2.05) is 24.3 Å². The molecule has 2 aromatic carbocycles. The molecule has 3 unspecified atom stereocenters. The van der Waals surface area contributed by atoms with E-state index in [1.165, 1.54) is 19.3 Å². The van der Waals surface area contributed by atoms with Gasteiger partial charge in [0.25, 0.3) is 0 Å². The molecule has 156 valence electrons. The molecular weight excluding hydrogens is 388 g/mol. The van der Waals surface area contributed by atoms with Gasteiger partial charge in [0.15, 0.2) is 0 Å². The zero-order valence-corrected chi connectivity index (χ0v) is 16.6. The van der Waals surface area contributed by atoms with Crippen molar-refractivity contribution in [1.29, 1.82) is 0 Å². The maximum Gasteiger partial charge on any atom is 0.310 e. The number of amides is 1. The number of methoxy groups -OCH3 is 2. The molecule has 2 aromatic rings. The van der Waals surface area contributed by atoms with Crippen molar-refractivity contribution >= 4 is 29.2 Å². The first-order chi connectivity index (χ1) is 14.5. The summed E-state index contributed by atoms with van der Waals surface area (Å²) in [5.74, 6) is -3.20. The highest BCUT2D eigenvalue weighted by atomic mass is 16.7. The molecule has 0 bridgehead atoms. The van der Waals surface area contributed by atoms with Crippen LogP contribution in [0.2, 0.25) is 0 Å². The van der Waals surface area contributed by atoms with Crippen molar-refractivity contribution in [2.45, 2.75) is 6.04 Å². The van der Waals surface area contributed by atoms with Gasteiger partial charge in [0.05, 0.1) is 43.8 Å². The molecular formula is C22H22N2O6. The van der Waals surface area contributed by atoms with Gasteiger partial charge in [-0.15, -0.1) is 0 Å². The first-order valence-electron chi connectivity index (χ1n) is 9.53. The molecule has 1 aliphatic heterocycles. The number of ether oxygens (including phenoxy) is 2. The van der Waals surface area contributed by atoms with E-state index >= 15 is 0 Å². The van der Waals surface area contributed by atoms with Crippen LogP contribution in [0.5, 0.6) is 0 Å². The van der Waals surface area contributed by atoms with Crippen molar-refractivity contribution < 1.29 is 28.7 Å². The Labute approximate surface area is 173 Å². The summed E-state index contributed by atoms with van der Waals surface area (Å²) in [5, 5.41) is 4.34. The second-order valence-electron chi connectivity index (χ2n) is 7.31. The molecule has 0 aromatic heterocycles. The fourth-order valence-corrected chi connectivity index (χ4v) is 4.38. The molecule has 30 heavy (non-hydrogen) atoms. The molecule has 1 saturated carbocycles. The molecule has 1 amide bonds. The minimum atomic E-state index is -1.09. The van der Waals surface area contributed by atoms with Gasteiger partial charge in [0, 0.05) is 5.69 Å². The van der Waals surface area contributed by atoms with Gasteiger partial charge in [-0.05, 0) is 24.3 Å². The Balaban J connectivity index is 1.74. The van der Waals surface area contributed by atoms with Gasteiger partial charge < -0.3 is 14.8 Å². The van der Waals surface area contributed by atoms with Crippen molar-refractivity contribution in [1.82, 2.24) is 0 Å². The van der Waals surface area contributed by atoms with Crippen LogP contribution < -0.4 is 10.4 Å². The molecule has 2 fully saturated rings. The lowest BCUT2D eigenvalue weighted by Crippen LogP contribution is -2.45. The van der Waals surface area contributed by atoms with Gasteiger partial charge in [-0.2, -0.15) is 0 Å². The summed E-state index contributed by atoms with van der Waals surface area (Å²) in [6.07, 6.45) is 0. The van der Waals surface area contributed by atoms with Crippen LogP contribution in [0.25, 0.3) is 0 Å². The van der Waals surface area contributed by atoms with E-state index in [0.29, 0.717) is 11.4 Å². The third-order valence-corrected chi connectivity index (χ3v) is 5.79. The Kier molecular flexibility index (Phi) is 5.17. The number of benzene rings is 2. The number of carbonyl (C=O) groups excluding carboxylic acids is 3. The van der Waals surface area contributed by atoms with Crippen molar-refractivity contribution in [3.8, 4) is 0 Å². The molecule has 2 aliphatic rings. The first-order valence-corrected chi connectivity index (χ1v) is 9.53. The van der Waals surface area contributed by atoms with Gasteiger partial charge in [-0.25, -0.2) is 5.06 Å². The molecule has 4 rings (SSSR count). The van der Waals surface area contributed by atoms with Gasteiger partial charge in [-0.3, -0.25) is 19.2 Å². The number of hydrogen-bond donors (Lipinski definition) is 1. The van der Waals surface area contributed by atoms with Crippen LogP contribution in [0, 0.1) is 17.3 Å². The molecule has 1 N–H and O–H groups in total. The summed E-state index contributed by atoms with van der Waals surface area (Å²) in [5.41, 5.74) is 0.152. The third kappa shape index (κ3) is 3.09. The highest BCUT2D eigenvalue weighted by Crippen LogP contribution is 2.66. The Morgan fingerprint density at radius 3 is 2.00 bits per heavy atom. The van der Waals surface area contributed by atoms with Gasteiger partial charge in [-0.1, -0.05) is 36.4 Å². The maximum atomic E-state index is 13.4. The lowest BCUT2D eigenvalue weighted by molar-refractivity contribution is -0.148. The minimum Gasteiger partial charge on any atom is -0.469 e. The van der Waals surface area contributed by atoms with E-state index in [2.05, 4.69) is 5.32 Å². The van der Waals surface area contributed by atoms with Crippen LogP contribution in [0.4, 0.5) is 11.4 Å². The topological polar surface area (TPSA) is 94.2 Å². The second kappa shape index (κ2) is 7.79. The zero-order valence-electron chi connectivity index (χ0n) is 16.6. The number of anilines is 2. The summed E-state index contributed by atoms with van der Waals surface area (Å²) in [4.78, 5) is 44.3. The summed E-state index contributed by atoms with van der Waals surface area (Å²) < 4.78 is 9.84. The highest BCUT2D eigenvalue weighted by molar-refractivity contribution is 6.01. The molecule has 8 heteroatoms.